The van der Waals surface area contributed by atoms with Gasteiger partial charge in [-0.2, -0.15) is 11.8 Å². The first-order chi connectivity index (χ1) is 8.84. The maximum Gasteiger partial charge on any atom is 0.103 e. The molecule has 1 aromatic heterocycles. The van der Waals surface area contributed by atoms with Crippen LogP contribution in [0.2, 0.25) is 0 Å². The van der Waals surface area contributed by atoms with E-state index in [1.807, 2.05) is 23.1 Å². The highest BCUT2D eigenvalue weighted by atomic mass is 32.2. The predicted octanol–water partition coefficient (Wildman–Crippen LogP) is 4.58. The van der Waals surface area contributed by atoms with Crippen LogP contribution in [0, 0.1) is 0 Å². The van der Waals surface area contributed by atoms with Gasteiger partial charge in [-0.3, -0.25) is 0 Å². The summed E-state index contributed by atoms with van der Waals surface area (Å²) in [4.78, 5) is 6.31. The number of rotatable bonds is 7. The van der Waals surface area contributed by atoms with E-state index in [0.29, 0.717) is 5.25 Å². The molecule has 0 aromatic carbocycles. The third-order valence-electron chi connectivity index (χ3n) is 2.70. The Hall–Kier alpha value is -0.0600. The predicted molar refractivity (Wildman–Crippen MR) is 89.2 cm³/mol. The van der Waals surface area contributed by atoms with Crippen molar-refractivity contribution >= 4 is 23.1 Å². The molecule has 0 unspecified atom stereocenters. The number of aromatic nitrogens is 1. The minimum atomic E-state index is 0.139. The summed E-state index contributed by atoms with van der Waals surface area (Å²) in [6, 6.07) is 0. The van der Waals surface area contributed by atoms with Gasteiger partial charge in [0, 0.05) is 22.6 Å². The van der Waals surface area contributed by atoms with Crippen LogP contribution in [-0.2, 0) is 17.7 Å². The zero-order valence-electron chi connectivity index (χ0n) is 13.2. The van der Waals surface area contributed by atoms with E-state index in [9.17, 15) is 0 Å². The molecular formula is C15H28N2S2. The van der Waals surface area contributed by atoms with Crippen LogP contribution in [0.3, 0.4) is 0 Å². The number of hydrogen-bond donors (Lipinski definition) is 1. The second-order valence-corrected chi connectivity index (χ2v) is 8.90. The maximum absolute atomic E-state index is 4.89. The lowest BCUT2D eigenvalue weighted by atomic mass is 9.91. The summed E-state index contributed by atoms with van der Waals surface area (Å²) in [7, 11) is 0. The van der Waals surface area contributed by atoms with Crippen molar-refractivity contribution in [1.82, 2.24) is 10.3 Å². The van der Waals surface area contributed by atoms with Gasteiger partial charge in [-0.05, 0) is 18.2 Å². The van der Waals surface area contributed by atoms with Crippen LogP contribution >= 0.6 is 23.1 Å². The highest BCUT2D eigenvalue weighted by Gasteiger charge is 2.22. The molecule has 110 valence electrons. The van der Waals surface area contributed by atoms with Crippen molar-refractivity contribution in [1.29, 1.82) is 0 Å². The molecule has 4 heteroatoms. The summed E-state index contributed by atoms with van der Waals surface area (Å²) < 4.78 is 0. The van der Waals surface area contributed by atoms with E-state index < -0.39 is 0 Å². The summed E-state index contributed by atoms with van der Waals surface area (Å²) >= 11 is 3.86. The Morgan fingerprint density at radius 3 is 2.53 bits per heavy atom. The Morgan fingerprint density at radius 1 is 1.32 bits per heavy atom. The Bertz CT molecular complexity index is 378. The highest BCUT2D eigenvalue weighted by Crippen LogP contribution is 2.31. The summed E-state index contributed by atoms with van der Waals surface area (Å²) in [5, 5.41) is 5.45. The molecule has 0 saturated heterocycles. The number of thioether (sulfide) groups is 1. The maximum atomic E-state index is 4.89. The third kappa shape index (κ3) is 5.84. The van der Waals surface area contributed by atoms with Crippen molar-refractivity contribution in [3.8, 4) is 0 Å². The summed E-state index contributed by atoms with van der Waals surface area (Å²) in [6.07, 6.45) is 1.18. The molecule has 2 nitrogen and oxygen atoms in total. The van der Waals surface area contributed by atoms with Gasteiger partial charge in [-0.1, -0.05) is 41.5 Å². The van der Waals surface area contributed by atoms with E-state index in [1.54, 1.807) is 0 Å². The van der Waals surface area contributed by atoms with Crippen LogP contribution < -0.4 is 5.32 Å². The molecule has 0 atom stereocenters. The number of hydrogen-bond acceptors (Lipinski definition) is 4. The molecule has 0 aliphatic carbocycles. The van der Waals surface area contributed by atoms with Crippen molar-refractivity contribution in [2.24, 2.45) is 0 Å². The second-order valence-electron chi connectivity index (χ2n) is 6.17. The van der Waals surface area contributed by atoms with Crippen molar-refractivity contribution in [3.05, 3.63) is 15.6 Å². The fourth-order valence-corrected chi connectivity index (χ4v) is 3.81. The minimum Gasteiger partial charge on any atom is -0.312 e. The van der Waals surface area contributed by atoms with Gasteiger partial charge in [0.05, 0.1) is 5.69 Å². The quantitative estimate of drug-likeness (QED) is 0.746. The summed E-state index contributed by atoms with van der Waals surface area (Å²) in [5.41, 5.74) is 1.42. The lowest BCUT2D eigenvalue weighted by Crippen LogP contribution is -2.19. The fraction of sp³-hybridized carbons (Fsp3) is 0.800. The molecule has 0 radical (unpaired) electrons. The van der Waals surface area contributed by atoms with Gasteiger partial charge < -0.3 is 5.32 Å². The van der Waals surface area contributed by atoms with Crippen LogP contribution in [0.4, 0.5) is 0 Å². The lowest BCUT2D eigenvalue weighted by Gasteiger charge is -2.17. The third-order valence-corrected chi connectivity index (χ3v) is 5.05. The first-order valence-electron chi connectivity index (χ1n) is 7.16. The van der Waals surface area contributed by atoms with Crippen molar-refractivity contribution < 1.29 is 0 Å². The largest absolute Gasteiger partial charge is 0.312 e. The smallest absolute Gasteiger partial charge is 0.103 e. The van der Waals surface area contributed by atoms with Gasteiger partial charge in [0.1, 0.15) is 5.01 Å². The molecule has 0 saturated carbocycles. The van der Waals surface area contributed by atoms with Crippen LogP contribution in [0.25, 0.3) is 0 Å². The lowest BCUT2D eigenvalue weighted by molar-refractivity contribution is 0.558. The molecule has 0 fully saturated rings. The Balaban J connectivity index is 2.80. The van der Waals surface area contributed by atoms with E-state index in [4.69, 9.17) is 4.98 Å². The van der Waals surface area contributed by atoms with E-state index in [-0.39, 0.29) is 5.41 Å². The van der Waals surface area contributed by atoms with Crippen LogP contribution in [-0.4, -0.2) is 16.8 Å². The first kappa shape index (κ1) is 17.0. The van der Waals surface area contributed by atoms with Crippen molar-refractivity contribution in [2.75, 3.05) is 6.54 Å². The molecule has 1 N–H and O–H groups in total. The minimum absolute atomic E-state index is 0.139. The van der Waals surface area contributed by atoms with Gasteiger partial charge >= 0.3 is 0 Å². The van der Waals surface area contributed by atoms with Crippen LogP contribution in [0.15, 0.2) is 0 Å². The molecule has 0 bridgehead atoms. The zero-order valence-corrected chi connectivity index (χ0v) is 14.8. The monoisotopic (exact) mass is 300 g/mol. The molecule has 0 aliphatic rings. The Kier molecular flexibility index (Phi) is 6.84. The van der Waals surface area contributed by atoms with Gasteiger partial charge in [0.2, 0.25) is 0 Å². The molecule has 1 heterocycles. The molecular weight excluding hydrogens is 272 g/mol. The van der Waals surface area contributed by atoms with Gasteiger partial charge in [-0.25, -0.2) is 4.98 Å². The first-order valence-corrected chi connectivity index (χ1v) is 9.02. The normalized spacial score (nSPS) is 12.4. The van der Waals surface area contributed by atoms with E-state index >= 15 is 0 Å². The molecule has 0 amide bonds. The fourth-order valence-electron chi connectivity index (χ4n) is 1.78. The Labute approximate surface area is 126 Å². The molecule has 1 aromatic rings. The SMILES string of the molecule is CCCNCc1sc(CSC(C)C)nc1C(C)(C)C. The van der Waals surface area contributed by atoms with E-state index in [2.05, 4.69) is 46.9 Å². The zero-order chi connectivity index (χ0) is 14.5. The van der Waals surface area contributed by atoms with E-state index in [0.717, 1.165) is 18.8 Å². The van der Waals surface area contributed by atoms with Crippen molar-refractivity contribution in [3.63, 3.8) is 0 Å². The average Bonchev–Trinajstić information content (AvgIpc) is 2.70. The Morgan fingerprint density at radius 2 is 2.00 bits per heavy atom. The standard InChI is InChI=1S/C15H28N2S2/c1-7-8-16-9-12-14(15(4,5)6)17-13(19-12)10-18-11(2)3/h11,16H,7-10H2,1-6H3. The molecule has 1 rings (SSSR count). The molecule has 19 heavy (non-hydrogen) atoms. The molecule has 0 spiro atoms. The number of nitrogens with one attached hydrogen (secondary N) is 1. The second kappa shape index (κ2) is 7.65. The number of nitrogens with zero attached hydrogens (tertiary/aromatic N) is 1. The van der Waals surface area contributed by atoms with Crippen LogP contribution in [0.5, 0.6) is 0 Å². The van der Waals surface area contributed by atoms with Gasteiger partial charge in [0.25, 0.3) is 0 Å². The molecule has 0 aliphatic heterocycles. The van der Waals surface area contributed by atoms with Gasteiger partial charge in [0.15, 0.2) is 0 Å². The van der Waals surface area contributed by atoms with Gasteiger partial charge in [-0.15, -0.1) is 11.3 Å². The van der Waals surface area contributed by atoms with E-state index in [1.165, 1.54) is 22.0 Å². The summed E-state index contributed by atoms with van der Waals surface area (Å²) in [5.74, 6) is 1.04. The summed E-state index contributed by atoms with van der Waals surface area (Å²) in [6.45, 7) is 15.5. The van der Waals surface area contributed by atoms with Crippen LogP contribution in [0.1, 0.15) is 63.5 Å². The number of thiazole rings is 1. The highest BCUT2D eigenvalue weighted by molar-refractivity contribution is 7.99. The van der Waals surface area contributed by atoms with Crippen molar-refractivity contribution in [2.45, 2.75) is 70.9 Å². The average molecular weight is 301 g/mol. The topological polar surface area (TPSA) is 24.9 Å².